The van der Waals surface area contributed by atoms with Crippen LogP contribution in [-0.2, 0) is 4.74 Å². The van der Waals surface area contributed by atoms with Crippen molar-refractivity contribution in [2.24, 2.45) is 5.92 Å². The maximum Gasteiger partial charge on any atom is 0.0462 e. The number of halogens is 1. The van der Waals surface area contributed by atoms with E-state index >= 15 is 0 Å². The predicted octanol–water partition coefficient (Wildman–Crippen LogP) is 2.80. The van der Waals surface area contributed by atoms with Crippen molar-refractivity contribution in [1.82, 2.24) is 5.32 Å². The van der Waals surface area contributed by atoms with Crippen LogP contribution in [0.25, 0.3) is 0 Å². The minimum atomic E-state index is 0.447. The normalized spacial score (nSPS) is 26.8. The quantitative estimate of drug-likeness (QED) is 0.540. The second-order valence-corrected chi connectivity index (χ2v) is 5.14. The van der Waals surface area contributed by atoms with Crippen molar-refractivity contribution in [1.29, 1.82) is 0 Å². The summed E-state index contributed by atoms with van der Waals surface area (Å²) in [6, 6.07) is 0. The SMILES string of the molecule is COCCCCNCC1CCC(Cl)CC1. The fraction of sp³-hybridized carbons (Fsp3) is 1.00. The molecule has 1 aliphatic rings. The molecule has 1 saturated carbocycles. The summed E-state index contributed by atoms with van der Waals surface area (Å²) in [7, 11) is 1.76. The maximum atomic E-state index is 6.07. The second-order valence-electron chi connectivity index (χ2n) is 4.52. The first-order chi connectivity index (χ1) is 7.33. The van der Waals surface area contributed by atoms with Gasteiger partial charge in [0.1, 0.15) is 0 Å². The Morgan fingerprint density at radius 3 is 2.60 bits per heavy atom. The number of unbranched alkanes of at least 4 members (excludes halogenated alkanes) is 1. The van der Waals surface area contributed by atoms with Gasteiger partial charge in [-0.25, -0.2) is 0 Å². The molecule has 1 fully saturated rings. The summed E-state index contributed by atoms with van der Waals surface area (Å²) in [4.78, 5) is 0. The van der Waals surface area contributed by atoms with Crippen LogP contribution in [0.2, 0.25) is 0 Å². The molecular formula is C12H24ClNO. The minimum Gasteiger partial charge on any atom is -0.385 e. The molecule has 0 heterocycles. The molecule has 0 amide bonds. The van der Waals surface area contributed by atoms with Gasteiger partial charge in [-0.15, -0.1) is 11.6 Å². The van der Waals surface area contributed by atoms with E-state index in [1.165, 1.54) is 38.6 Å². The number of methoxy groups -OCH3 is 1. The van der Waals surface area contributed by atoms with E-state index in [0.29, 0.717) is 5.38 Å². The zero-order valence-corrected chi connectivity index (χ0v) is 10.6. The fourth-order valence-corrected chi connectivity index (χ4v) is 2.38. The summed E-state index contributed by atoms with van der Waals surface area (Å²) in [5, 5.41) is 3.98. The summed E-state index contributed by atoms with van der Waals surface area (Å²) in [5.74, 6) is 0.863. The lowest BCUT2D eigenvalue weighted by Gasteiger charge is -2.25. The lowest BCUT2D eigenvalue weighted by molar-refractivity contribution is 0.192. The van der Waals surface area contributed by atoms with Crippen molar-refractivity contribution >= 4 is 11.6 Å². The molecule has 0 aromatic heterocycles. The highest BCUT2D eigenvalue weighted by Crippen LogP contribution is 2.26. The molecule has 1 aliphatic carbocycles. The first kappa shape index (κ1) is 13.3. The maximum absolute atomic E-state index is 6.07. The van der Waals surface area contributed by atoms with Crippen molar-refractivity contribution in [3.8, 4) is 0 Å². The Morgan fingerprint density at radius 1 is 1.20 bits per heavy atom. The molecule has 0 aromatic carbocycles. The lowest BCUT2D eigenvalue weighted by atomic mass is 9.89. The third-order valence-electron chi connectivity index (χ3n) is 3.16. The number of ether oxygens (including phenoxy) is 1. The van der Waals surface area contributed by atoms with Crippen LogP contribution in [0.1, 0.15) is 38.5 Å². The van der Waals surface area contributed by atoms with Crippen LogP contribution < -0.4 is 5.32 Å². The molecule has 2 nitrogen and oxygen atoms in total. The largest absolute Gasteiger partial charge is 0.385 e. The van der Waals surface area contributed by atoms with E-state index in [4.69, 9.17) is 16.3 Å². The summed E-state index contributed by atoms with van der Waals surface area (Å²) in [6.07, 6.45) is 7.41. The van der Waals surface area contributed by atoms with Crippen molar-refractivity contribution in [2.45, 2.75) is 43.9 Å². The van der Waals surface area contributed by atoms with E-state index in [1.54, 1.807) is 7.11 Å². The predicted molar refractivity (Wildman–Crippen MR) is 65.6 cm³/mol. The third-order valence-corrected chi connectivity index (χ3v) is 3.60. The smallest absolute Gasteiger partial charge is 0.0462 e. The van der Waals surface area contributed by atoms with Gasteiger partial charge in [0.15, 0.2) is 0 Å². The molecule has 0 spiro atoms. The van der Waals surface area contributed by atoms with Crippen LogP contribution in [0.15, 0.2) is 0 Å². The molecule has 0 aliphatic heterocycles. The highest BCUT2D eigenvalue weighted by molar-refractivity contribution is 6.20. The molecule has 1 N–H and O–H groups in total. The average molecular weight is 234 g/mol. The second kappa shape index (κ2) is 8.37. The van der Waals surface area contributed by atoms with Gasteiger partial charge in [-0.1, -0.05) is 0 Å². The number of alkyl halides is 1. The van der Waals surface area contributed by atoms with Crippen LogP contribution in [0.5, 0.6) is 0 Å². The molecule has 15 heavy (non-hydrogen) atoms. The Morgan fingerprint density at radius 2 is 1.93 bits per heavy atom. The van der Waals surface area contributed by atoms with Crippen LogP contribution >= 0.6 is 11.6 Å². The van der Waals surface area contributed by atoms with Crippen molar-refractivity contribution in [3.05, 3.63) is 0 Å². The van der Waals surface area contributed by atoms with Gasteiger partial charge in [0, 0.05) is 19.1 Å². The number of nitrogens with one attached hydrogen (secondary N) is 1. The highest BCUT2D eigenvalue weighted by atomic mass is 35.5. The molecule has 1 rings (SSSR count). The molecule has 0 aromatic rings. The summed E-state index contributed by atoms with van der Waals surface area (Å²) >= 11 is 6.07. The Labute approximate surface area is 98.7 Å². The number of hydrogen-bond acceptors (Lipinski definition) is 2. The van der Waals surface area contributed by atoms with Gasteiger partial charge in [-0.3, -0.25) is 0 Å². The first-order valence-electron chi connectivity index (χ1n) is 6.16. The first-order valence-corrected chi connectivity index (χ1v) is 6.60. The topological polar surface area (TPSA) is 21.3 Å². The lowest BCUT2D eigenvalue weighted by Crippen LogP contribution is -2.27. The van der Waals surface area contributed by atoms with Crippen molar-refractivity contribution < 1.29 is 4.74 Å². The summed E-state index contributed by atoms with van der Waals surface area (Å²) in [5.41, 5.74) is 0. The van der Waals surface area contributed by atoms with E-state index in [0.717, 1.165) is 25.5 Å². The standard InChI is InChI=1S/C12H24ClNO/c1-15-9-3-2-8-14-10-11-4-6-12(13)7-5-11/h11-12,14H,2-10H2,1H3. The van der Waals surface area contributed by atoms with Crippen LogP contribution in [-0.4, -0.2) is 32.2 Å². The number of hydrogen-bond donors (Lipinski definition) is 1. The van der Waals surface area contributed by atoms with Gasteiger partial charge in [0.25, 0.3) is 0 Å². The van der Waals surface area contributed by atoms with E-state index < -0.39 is 0 Å². The molecule has 0 bridgehead atoms. The monoisotopic (exact) mass is 233 g/mol. The van der Waals surface area contributed by atoms with Gasteiger partial charge < -0.3 is 10.1 Å². The Balaban J connectivity index is 1.87. The van der Waals surface area contributed by atoms with Crippen LogP contribution in [0.3, 0.4) is 0 Å². The van der Waals surface area contributed by atoms with E-state index in [2.05, 4.69) is 5.32 Å². The van der Waals surface area contributed by atoms with Gasteiger partial charge in [-0.05, 0) is 57.5 Å². The van der Waals surface area contributed by atoms with E-state index in [1.807, 2.05) is 0 Å². The van der Waals surface area contributed by atoms with Crippen molar-refractivity contribution in [2.75, 3.05) is 26.8 Å². The molecule has 0 atom stereocenters. The van der Waals surface area contributed by atoms with Gasteiger partial charge in [0.05, 0.1) is 0 Å². The summed E-state index contributed by atoms with van der Waals surface area (Å²) in [6.45, 7) is 3.19. The van der Waals surface area contributed by atoms with Crippen molar-refractivity contribution in [3.63, 3.8) is 0 Å². The zero-order chi connectivity index (χ0) is 10.9. The Bertz CT molecular complexity index is 147. The van der Waals surface area contributed by atoms with Gasteiger partial charge in [-0.2, -0.15) is 0 Å². The molecule has 0 saturated heterocycles. The molecular weight excluding hydrogens is 210 g/mol. The summed E-state index contributed by atoms with van der Waals surface area (Å²) < 4.78 is 5.01. The molecule has 0 radical (unpaired) electrons. The van der Waals surface area contributed by atoms with E-state index in [9.17, 15) is 0 Å². The van der Waals surface area contributed by atoms with Crippen LogP contribution in [0, 0.1) is 5.92 Å². The zero-order valence-electron chi connectivity index (χ0n) is 9.80. The minimum absolute atomic E-state index is 0.447. The van der Waals surface area contributed by atoms with E-state index in [-0.39, 0.29) is 0 Å². The highest BCUT2D eigenvalue weighted by Gasteiger charge is 2.18. The fourth-order valence-electron chi connectivity index (χ4n) is 2.13. The molecule has 90 valence electrons. The molecule has 0 unspecified atom stereocenters. The van der Waals surface area contributed by atoms with Gasteiger partial charge >= 0.3 is 0 Å². The Hall–Kier alpha value is 0.210. The third kappa shape index (κ3) is 6.39. The van der Waals surface area contributed by atoms with Crippen LogP contribution in [0.4, 0.5) is 0 Å². The Kier molecular flexibility index (Phi) is 7.41. The molecule has 3 heteroatoms. The van der Waals surface area contributed by atoms with Gasteiger partial charge in [0.2, 0.25) is 0 Å². The number of rotatable bonds is 7. The average Bonchev–Trinajstić information content (AvgIpc) is 2.26.